The molecule has 0 unspecified atom stereocenters. The van der Waals surface area contributed by atoms with Crippen molar-refractivity contribution in [1.82, 2.24) is 9.78 Å². The van der Waals surface area contributed by atoms with Crippen LogP contribution in [0.1, 0.15) is 33.3 Å². The van der Waals surface area contributed by atoms with Crippen LogP contribution in [0.15, 0.2) is 89.5 Å². The highest BCUT2D eigenvalue weighted by Gasteiger charge is 2.19. The van der Waals surface area contributed by atoms with E-state index in [0.29, 0.717) is 30.1 Å². The van der Waals surface area contributed by atoms with Gasteiger partial charge in [0.15, 0.2) is 5.69 Å². The Bertz CT molecular complexity index is 1290. The minimum atomic E-state index is -0.395. The summed E-state index contributed by atoms with van der Waals surface area (Å²) < 4.78 is 8.31. The predicted molar refractivity (Wildman–Crippen MR) is 135 cm³/mol. The number of anilines is 2. The first-order valence-electron chi connectivity index (χ1n) is 10.7. The average molecular weight is 519 g/mol. The molecule has 0 saturated carbocycles. The van der Waals surface area contributed by atoms with E-state index in [-0.39, 0.29) is 11.6 Å². The van der Waals surface area contributed by atoms with Crippen molar-refractivity contribution in [2.24, 2.45) is 0 Å². The Labute approximate surface area is 205 Å². The van der Waals surface area contributed by atoms with E-state index in [4.69, 9.17) is 4.74 Å². The molecular formula is C26H23BrN4O3. The summed E-state index contributed by atoms with van der Waals surface area (Å²) >= 11 is 3.46. The normalized spacial score (nSPS) is 10.5. The van der Waals surface area contributed by atoms with Gasteiger partial charge >= 0.3 is 0 Å². The van der Waals surface area contributed by atoms with E-state index in [2.05, 4.69) is 31.7 Å². The number of nitrogens with zero attached hydrogens (tertiary/aromatic N) is 2. The Kier molecular flexibility index (Phi) is 7.39. The zero-order chi connectivity index (χ0) is 23.9. The van der Waals surface area contributed by atoms with Gasteiger partial charge in [0.25, 0.3) is 11.8 Å². The maximum absolute atomic E-state index is 12.9. The first kappa shape index (κ1) is 23.3. The summed E-state index contributed by atoms with van der Waals surface area (Å²) in [6, 6.07) is 23.8. The Morgan fingerprint density at radius 3 is 2.32 bits per heavy atom. The van der Waals surface area contributed by atoms with Gasteiger partial charge in [-0.15, -0.1) is 0 Å². The van der Waals surface area contributed by atoms with E-state index in [1.807, 2.05) is 61.5 Å². The lowest BCUT2D eigenvalue weighted by Crippen LogP contribution is -2.18. The van der Waals surface area contributed by atoms with Crippen molar-refractivity contribution >= 4 is 39.1 Å². The Morgan fingerprint density at radius 2 is 1.62 bits per heavy atom. The minimum absolute atomic E-state index is 0.150. The summed E-state index contributed by atoms with van der Waals surface area (Å²) in [6.07, 6.45) is 1.65. The fourth-order valence-electron chi connectivity index (χ4n) is 3.22. The molecule has 4 rings (SSSR count). The molecular weight excluding hydrogens is 496 g/mol. The second-order valence-electron chi connectivity index (χ2n) is 7.44. The van der Waals surface area contributed by atoms with Crippen LogP contribution in [0.2, 0.25) is 0 Å². The van der Waals surface area contributed by atoms with Gasteiger partial charge in [-0.3, -0.25) is 14.3 Å². The number of amides is 2. The number of carbonyl (C=O) groups is 2. The molecule has 1 aromatic heterocycles. The molecule has 0 spiro atoms. The molecule has 0 radical (unpaired) electrons. The fraction of sp³-hybridized carbons (Fsp3) is 0.115. The van der Waals surface area contributed by atoms with E-state index in [1.165, 1.54) is 0 Å². The number of rotatable bonds is 8. The molecule has 0 aliphatic heterocycles. The van der Waals surface area contributed by atoms with Crippen LogP contribution in [0.25, 0.3) is 0 Å². The first-order chi connectivity index (χ1) is 16.5. The van der Waals surface area contributed by atoms with E-state index in [1.54, 1.807) is 35.1 Å². The molecule has 0 saturated heterocycles. The van der Waals surface area contributed by atoms with Gasteiger partial charge in [-0.25, -0.2) is 0 Å². The Balaban J connectivity index is 1.43. The van der Waals surface area contributed by atoms with E-state index < -0.39 is 5.91 Å². The van der Waals surface area contributed by atoms with Crippen molar-refractivity contribution in [3.63, 3.8) is 0 Å². The average Bonchev–Trinajstić information content (AvgIpc) is 3.27. The zero-order valence-electron chi connectivity index (χ0n) is 18.5. The molecule has 7 nitrogen and oxygen atoms in total. The summed E-state index contributed by atoms with van der Waals surface area (Å²) in [5.41, 5.74) is 2.53. The summed E-state index contributed by atoms with van der Waals surface area (Å²) in [5.74, 6) is 0.0227. The molecule has 1 heterocycles. The van der Waals surface area contributed by atoms with Crippen LogP contribution in [0.3, 0.4) is 0 Å². The van der Waals surface area contributed by atoms with Gasteiger partial charge in [-0.05, 0) is 64.8 Å². The third kappa shape index (κ3) is 5.71. The molecule has 0 aliphatic carbocycles. The number of ether oxygens (including phenoxy) is 1. The number of aryl methyl sites for hydroxylation is 1. The van der Waals surface area contributed by atoms with Gasteiger partial charge in [0.2, 0.25) is 0 Å². The highest BCUT2D eigenvalue weighted by atomic mass is 79.9. The van der Waals surface area contributed by atoms with Crippen LogP contribution in [-0.2, 0) is 13.2 Å². The molecule has 3 aromatic carbocycles. The molecule has 2 amide bonds. The van der Waals surface area contributed by atoms with Crippen LogP contribution in [0.4, 0.5) is 11.4 Å². The summed E-state index contributed by atoms with van der Waals surface area (Å²) in [5, 5.41) is 9.93. The first-order valence-corrected chi connectivity index (χ1v) is 11.5. The van der Waals surface area contributed by atoms with E-state index in [0.717, 1.165) is 15.8 Å². The molecule has 172 valence electrons. The molecule has 4 aromatic rings. The third-order valence-electron chi connectivity index (χ3n) is 5.03. The van der Waals surface area contributed by atoms with Crippen LogP contribution >= 0.6 is 15.9 Å². The van der Waals surface area contributed by atoms with Gasteiger partial charge < -0.3 is 15.4 Å². The predicted octanol–water partition coefficient (Wildman–Crippen LogP) is 5.75. The fourth-order valence-corrected chi connectivity index (χ4v) is 3.62. The molecule has 0 atom stereocenters. The van der Waals surface area contributed by atoms with Gasteiger partial charge in [0, 0.05) is 24.0 Å². The van der Waals surface area contributed by atoms with E-state index in [9.17, 15) is 9.59 Å². The topological polar surface area (TPSA) is 85.2 Å². The molecule has 8 heteroatoms. The highest BCUT2D eigenvalue weighted by Crippen LogP contribution is 2.25. The second kappa shape index (κ2) is 10.8. The van der Waals surface area contributed by atoms with Crippen LogP contribution in [0.5, 0.6) is 5.75 Å². The number of nitrogens with one attached hydrogen (secondary N) is 2. The number of aromatic nitrogens is 2. The maximum atomic E-state index is 12.9. The van der Waals surface area contributed by atoms with Crippen LogP contribution in [-0.4, -0.2) is 21.6 Å². The number of halogens is 1. The van der Waals surface area contributed by atoms with Crippen molar-refractivity contribution in [1.29, 1.82) is 0 Å². The monoisotopic (exact) mass is 518 g/mol. The lowest BCUT2D eigenvalue weighted by atomic mass is 10.1. The second-order valence-corrected chi connectivity index (χ2v) is 8.29. The van der Waals surface area contributed by atoms with Crippen LogP contribution < -0.4 is 15.4 Å². The molecule has 34 heavy (non-hydrogen) atoms. The Morgan fingerprint density at radius 1 is 0.912 bits per heavy atom. The number of benzene rings is 3. The lowest BCUT2D eigenvalue weighted by molar-refractivity contribution is 0.102. The smallest absolute Gasteiger partial charge is 0.278 e. The van der Waals surface area contributed by atoms with Gasteiger partial charge in [0.05, 0.1) is 10.2 Å². The maximum Gasteiger partial charge on any atom is 0.278 e. The lowest BCUT2D eigenvalue weighted by Gasteiger charge is -2.09. The number of hydrogen-bond acceptors (Lipinski definition) is 4. The Hall–Kier alpha value is -3.91. The molecule has 2 N–H and O–H groups in total. The minimum Gasteiger partial charge on any atom is -0.488 e. The van der Waals surface area contributed by atoms with Gasteiger partial charge in [-0.1, -0.05) is 42.5 Å². The van der Waals surface area contributed by atoms with Crippen molar-refractivity contribution in [3.8, 4) is 5.75 Å². The largest absolute Gasteiger partial charge is 0.488 e. The number of hydrogen-bond donors (Lipinski definition) is 2. The van der Waals surface area contributed by atoms with Crippen molar-refractivity contribution in [2.75, 3.05) is 10.6 Å². The van der Waals surface area contributed by atoms with Crippen molar-refractivity contribution < 1.29 is 14.3 Å². The van der Waals surface area contributed by atoms with Crippen molar-refractivity contribution in [2.45, 2.75) is 20.1 Å². The van der Waals surface area contributed by atoms with Crippen LogP contribution in [0, 0.1) is 0 Å². The molecule has 0 bridgehead atoms. The zero-order valence-corrected chi connectivity index (χ0v) is 20.1. The SMILES string of the molecule is CCn1cc(NC(=O)c2ccc(COc3ccccc3Br)cc2)c(C(=O)Nc2ccccc2)n1. The number of carbonyl (C=O) groups excluding carboxylic acids is 2. The van der Waals surface area contributed by atoms with Gasteiger partial charge in [0.1, 0.15) is 12.4 Å². The molecule has 0 aliphatic rings. The number of para-hydroxylation sites is 2. The highest BCUT2D eigenvalue weighted by molar-refractivity contribution is 9.10. The third-order valence-corrected chi connectivity index (χ3v) is 5.68. The van der Waals surface area contributed by atoms with Gasteiger partial charge in [-0.2, -0.15) is 5.10 Å². The van der Waals surface area contributed by atoms with Crippen molar-refractivity contribution in [3.05, 3.63) is 106 Å². The summed E-state index contributed by atoms with van der Waals surface area (Å²) in [4.78, 5) is 25.6. The van der Waals surface area contributed by atoms with E-state index >= 15 is 0 Å². The quantitative estimate of drug-likeness (QED) is 0.311. The summed E-state index contributed by atoms with van der Waals surface area (Å²) in [7, 11) is 0. The standard InChI is InChI=1S/C26H23BrN4O3/c1-2-31-16-22(24(30-31)26(33)28-20-8-4-3-5-9-20)29-25(32)19-14-12-18(13-15-19)17-34-23-11-7-6-10-21(23)27/h3-16H,2,17H2,1H3,(H,28,33)(H,29,32). The summed E-state index contributed by atoms with van der Waals surface area (Å²) in [6.45, 7) is 2.84. The molecule has 0 fully saturated rings.